The molecule has 1 aromatic heterocycles. The molecule has 2 aromatic carbocycles. The van der Waals surface area contributed by atoms with Crippen molar-refractivity contribution in [3.8, 4) is 11.3 Å². The van der Waals surface area contributed by atoms with Gasteiger partial charge in [-0.1, -0.05) is 41.9 Å². The molecule has 1 heterocycles. The zero-order valence-electron chi connectivity index (χ0n) is 11.4. The van der Waals surface area contributed by atoms with Gasteiger partial charge in [0.25, 0.3) is 0 Å². The predicted molar refractivity (Wildman–Crippen MR) is 86.5 cm³/mol. The van der Waals surface area contributed by atoms with Crippen molar-refractivity contribution in [2.75, 3.05) is 12.4 Å². The Kier molecular flexibility index (Phi) is 3.33. The van der Waals surface area contributed by atoms with Crippen molar-refractivity contribution in [2.45, 2.75) is 6.92 Å². The van der Waals surface area contributed by atoms with Gasteiger partial charge in [0, 0.05) is 28.7 Å². The molecule has 2 nitrogen and oxygen atoms in total. The van der Waals surface area contributed by atoms with Crippen LogP contribution >= 0.6 is 11.6 Å². The number of pyridine rings is 1. The summed E-state index contributed by atoms with van der Waals surface area (Å²) in [6.07, 6.45) is 0. The number of fused-ring (bicyclic) bond motifs is 1. The van der Waals surface area contributed by atoms with Crippen molar-refractivity contribution in [3.63, 3.8) is 0 Å². The van der Waals surface area contributed by atoms with Crippen LogP contribution < -0.4 is 5.32 Å². The number of benzene rings is 2. The summed E-state index contributed by atoms with van der Waals surface area (Å²) in [6, 6.07) is 16.0. The fraction of sp³-hybridized carbons (Fsp3) is 0.118. The zero-order chi connectivity index (χ0) is 14.1. The van der Waals surface area contributed by atoms with E-state index in [-0.39, 0.29) is 0 Å². The molecule has 0 fully saturated rings. The van der Waals surface area contributed by atoms with Gasteiger partial charge in [-0.2, -0.15) is 0 Å². The maximum absolute atomic E-state index is 6.10. The highest BCUT2D eigenvalue weighted by atomic mass is 35.5. The number of nitrogens with zero attached hydrogens (tertiary/aromatic N) is 1. The lowest BCUT2D eigenvalue weighted by Gasteiger charge is -2.14. The molecule has 100 valence electrons. The minimum absolute atomic E-state index is 0.725. The van der Waals surface area contributed by atoms with Crippen molar-refractivity contribution in [3.05, 3.63) is 59.1 Å². The van der Waals surface area contributed by atoms with Crippen LogP contribution in [0.2, 0.25) is 5.02 Å². The number of hydrogen-bond acceptors (Lipinski definition) is 2. The largest absolute Gasteiger partial charge is 0.387 e. The van der Waals surface area contributed by atoms with Gasteiger partial charge in [0.2, 0.25) is 0 Å². The lowest BCUT2D eigenvalue weighted by atomic mass is 10.0. The minimum Gasteiger partial charge on any atom is -0.387 e. The Hall–Kier alpha value is -2.06. The van der Waals surface area contributed by atoms with Crippen molar-refractivity contribution >= 4 is 28.2 Å². The number of anilines is 1. The predicted octanol–water partition coefficient (Wildman–Crippen LogP) is 4.91. The van der Waals surface area contributed by atoms with Crippen LogP contribution in [0.1, 0.15) is 5.56 Å². The molecule has 0 aliphatic carbocycles. The smallest absolute Gasteiger partial charge is 0.0759 e. The van der Waals surface area contributed by atoms with E-state index in [1.54, 1.807) is 0 Å². The molecule has 3 rings (SSSR count). The van der Waals surface area contributed by atoms with E-state index >= 15 is 0 Å². The molecule has 0 aliphatic heterocycles. The van der Waals surface area contributed by atoms with Crippen LogP contribution in [0.5, 0.6) is 0 Å². The Morgan fingerprint density at radius 2 is 1.80 bits per heavy atom. The highest BCUT2D eigenvalue weighted by Gasteiger charge is 2.12. The summed E-state index contributed by atoms with van der Waals surface area (Å²) >= 11 is 6.10. The summed E-state index contributed by atoms with van der Waals surface area (Å²) in [5.74, 6) is 0. The molecular weight excluding hydrogens is 268 g/mol. The van der Waals surface area contributed by atoms with E-state index in [0.29, 0.717) is 0 Å². The molecule has 0 saturated heterocycles. The number of hydrogen-bond donors (Lipinski definition) is 1. The number of nitrogens with one attached hydrogen (secondary N) is 1. The molecule has 0 radical (unpaired) electrons. The SMILES string of the molecule is CNc1c(C)c(-c2ccccc2)nc2ccc(Cl)cc12. The van der Waals surface area contributed by atoms with Gasteiger partial charge < -0.3 is 5.32 Å². The third kappa shape index (κ3) is 2.12. The normalized spacial score (nSPS) is 10.8. The molecule has 20 heavy (non-hydrogen) atoms. The first-order valence-corrected chi connectivity index (χ1v) is 6.91. The fourth-order valence-electron chi connectivity index (χ4n) is 2.53. The first-order chi connectivity index (χ1) is 9.70. The minimum atomic E-state index is 0.725. The Balaban J connectivity index is 2.35. The first kappa shape index (κ1) is 12.9. The van der Waals surface area contributed by atoms with Gasteiger partial charge in [-0.15, -0.1) is 0 Å². The van der Waals surface area contributed by atoms with E-state index in [9.17, 15) is 0 Å². The maximum Gasteiger partial charge on any atom is 0.0759 e. The second-order valence-electron chi connectivity index (χ2n) is 4.74. The molecular formula is C17H15ClN2. The highest BCUT2D eigenvalue weighted by Crippen LogP contribution is 2.34. The van der Waals surface area contributed by atoms with Crippen molar-refractivity contribution in [2.24, 2.45) is 0 Å². The van der Waals surface area contributed by atoms with Crippen LogP contribution in [-0.2, 0) is 0 Å². The lowest BCUT2D eigenvalue weighted by Crippen LogP contribution is -1.98. The second kappa shape index (κ2) is 5.14. The quantitative estimate of drug-likeness (QED) is 0.723. The van der Waals surface area contributed by atoms with Gasteiger partial charge in [-0.25, -0.2) is 4.98 Å². The zero-order valence-corrected chi connectivity index (χ0v) is 12.2. The second-order valence-corrected chi connectivity index (χ2v) is 5.17. The molecule has 0 amide bonds. The third-order valence-corrected chi connectivity index (χ3v) is 3.72. The fourth-order valence-corrected chi connectivity index (χ4v) is 2.70. The van der Waals surface area contributed by atoms with Crippen LogP contribution in [0, 0.1) is 6.92 Å². The summed E-state index contributed by atoms with van der Waals surface area (Å²) in [5.41, 5.74) is 5.29. The Bertz CT molecular complexity index is 767. The Morgan fingerprint density at radius 1 is 1.05 bits per heavy atom. The van der Waals surface area contributed by atoms with Gasteiger partial charge in [0.05, 0.1) is 11.2 Å². The first-order valence-electron chi connectivity index (χ1n) is 6.53. The number of aromatic nitrogens is 1. The van der Waals surface area contributed by atoms with Gasteiger partial charge in [-0.05, 0) is 30.7 Å². The van der Waals surface area contributed by atoms with Crippen molar-refractivity contribution < 1.29 is 0 Å². The molecule has 0 atom stereocenters. The van der Waals surface area contributed by atoms with Crippen LogP contribution in [-0.4, -0.2) is 12.0 Å². The van der Waals surface area contributed by atoms with Crippen molar-refractivity contribution in [1.29, 1.82) is 0 Å². The molecule has 0 spiro atoms. The third-order valence-electron chi connectivity index (χ3n) is 3.49. The summed E-state index contributed by atoms with van der Waals surface area (Å²) < 4.78 is 0. The Morgan fingerprint density at radius 3 is 2.50 bits per heavy atom. The monoisotopic (exact) mass is 282 g/mol. The molecule has 3 aromatic rings. The van der Waals surface area contributed by atoms with E-state index < -0.39 is 0 Å². The van der Waals surface area contributed by atoms with E-state index in [0.717, 1.165) is 38.4 Å². The number of halogens is 1. The van der Waals surface area contributed by atoms with Crippen LogP contribution in [0.15, 0.2) is 48.5 Å². The van der Waals surface area contributed by atoms with Crippen LogP contribution in [0.3, 0.4) is 0 Å². The summed E-state index contributed by atoms with van der Waals surface area (Å²) in [5, 5.41) is 5.05. The van der Waals surface area contributed by atoms with Crippen molar-refractivity contribution in [1.82, 2.24) is 4.98 Å². The van der Waals surface area contributed by atoms with Gasteiger partial charge in [-0.3, -0.25) is 0 Å². The average Bonchev–Trinajstić information content (AvgIpc) is 2.48. The molecule has 0 bridgehead atoms. The lowest BCUT2D eigenvalue weighted by molar-refractivity contribution is 1.31. The summed E-state index contributed by atoms with van der Waals surface area (Å²) in [4.78, 5) is 4.80. The molecule has 0 aliphatic rings. The highest BCUT2D eigenvalue weighted by molar-refractivity contribution is 6.31. The van der Waals surface area contributed by atoms with E-state index in [4.69, 9.17) is 16.6 Å². The molecule has 0 saturated carbocycles. The number of rotatable bonds is 2. The summed E-state index contributed by atoms with van der Waals surface area (Å²) in [7, 11) is 1.93. The van der Waals surface area contributed by atoms with E-state index in [1.807, 2.05) is 43.4 Å². The van der Waals surface area contributed by atoms with Crippen LogP contribution in [0.4, 0.5) is 5.69 Å². The molecule has 0 unspecified atom stereocenters. The van der Waals surface area contributed by atoms with Crippen LogP contribution in [0.25, 0.3) is 22.2 Å². The maximum atomic E-state index is 6.10. The Labute approximate surface area is 123 Å². The standard InChI is InChI=1S/C17H15ClN2/c1-11-16(12-6-4-3-5-7-12)20-15-9-8-13(18)10-14(15)17(11)19-2/h3-10H,1-2H3,(H,19,20). The van der Waals surface area contributed by atoms with E-state index in [2.05, 4.69) is 24.4 Å². The average molecular weight is 283 g/mol. The van der Waals surface area contributed by atoms with E-state index in [1.165, 1.54) is 0 Å². The van der Waals surface area contributed by atoms with Gasteiger partial charge >= 0.3 is 0 Å². The molecule has 3 heteroatoms. The van der Waals surface area contributed by atoms with Gasteiger partial charge in [0.1, 0.15) is 0 Å². The van der Waals surface area contributed by atoms with Gasteiger partial charge in [0.15, 0.2) is 0 Å². The summed E-state index contributed by atoms with van der Waals surface area (Å²) in [6.45, 7) is 2.08. The topological polar surface area (TPSA) is 24.9 Å². The molecule has 1 N–H and O–H groups in total.